The predicted octanol–water partition coefficient (Wildman–Crippen LogP) is 3.64. The minimum absolute atomic E-state index is 0.0770. The molecular formula is C26H46N6O. The minimum atomic E-state index is 0.0770. The number of rotatable bonds is 9. The van der Waals surface area contributed by atoms with Gasteiger partial charge in [0, 0.05) is 87.8 Å². The lowest BCUT2D eigenvalue weighted by molar-refractivity contribution is -0.136. The van der Waals surface area contributed by atoms with Gasteiger partial charge in [-0.3, -0.25) is 14.6 Å². The number of hydrogen-bond acceptors (Lipinski definition) is 6. The van der Waals surface area contributed by atoms with Gasteiger partial charge < -0.3 is 9.80 Å². The van der Waals surface area contributed by atoms with E-state index in [2.05, 4.69) is 42.4 Å². The molecule has 0 aliphatic carbocycles. The summed E-state index contributed by atoms with van der Waals surface area (Å²) in [5.74, 6) is 1.23. The minimum Gasteiger partial charge on any atom is -0.340 e. The van der Waals surface area contributed by atoms with Gasteiger partial charge in [-0.1, -0.05) is 41.0 Å². The summed E-state index contributed by atoms with van der Waals surface area (Å²) in [6.07, 6.45) is 8.74. The van der Waals surface area contributed by atoms with Gasteiger partial charge in [0.15, 0.2) is 0 Å². The number of anilines is 1. The van der Waals surface area contributed by atoms with Crippen molar-refractivity contribution >= 4 is 11.9 Å². The average molecular weight is 459 g/mol. The van der Waals surface area contributed by atoms with Crippen LogP contribution >= 0.6 is 0 Å². The lowest BCUT2D eigenvalue weighted by Gasteiger charge is -2.48. The van der Waals surface area contributed by atoms with Crippen LogP contribution in [0.25, 0.3) is 0 Å². The Morgan fingerprint density at radius 3 is 2.03 bits per heavy atom. The van der Waals surface area contributed by atoms with E-state index < -0.39 is 0 Å². The van der Waals surface area contributed by atoms with Gasteiger partial charge in [-0.05, 0) is 26.2 Å². The third-order valence-corrected chi connectivity index (χ3v) is 7.46. The zero-order valence-electron chi connectivity index (χ0n) is 21.8. The molecule has 3 heterocycles. The maximum absolute atomic E-state index is 12.2. The molecule has 2 saturated heterocycles. The Kier molecular flexibility index (Phi) is 9.50. The third-order valence-electron chi connectivity index (χ3n) is 7.46. The molecule has 3 rings (SSSR count). The summed E-state index contributed by atoms with van der Waals surface area (Å²) in [7, 11) is 0. The van der Waals surface area contributed by atoms with Crippen molar-refractivity contribution in [3.05, 3.63) is 18.0 Å². The van der Waals surface area contributed by atoms with E-state index in [4.69, 9.17) is 9.97 Å². The third kappa shape index (κ3) is 6.44. The fourth-order valence-electron chi connectivity index (χ4n) is 5.34. The molecule has 0 aromatic carbocycles. The number of carbonyl (C=O) groups excluding carboxylic acids is 1. The number of hydrogen-bond donors (Lipinski definition) is 0. The van der Waals surface area contributed by atoms with Gasteiger partial charge in [0.2, 0.25) is 11.9 Å². The molecule has 0 spiro atoms. The van der Waals surface area contributed by atoms with E-state index in [1.807, 2.05) is 31.1 Å². The molecule has 1 aromatic rings. The van der Waals surface area contributed by atoms with Crippen LogP contribution in [0.1, 0.15) is 72.8 Å². The molecule has 0 N–H and O–H groups in total. The zero-order chi connectivity index (χ0) is 24.0. The summed E-state index contributed by atoms with van der Waals surface area (Å²) in [4.78, 5) is 31.5. The number of amides is 1. The SMILES string of the molecule is CCCC(C)N1CC(CC)N(c2ncc(CN3CCN(C(=O)C(C)C)CC3)cn2)C(CC)C1. The molecule has 33 heavy (non-hydrogen) atoms. The first-order valence-corrected chi connectivity index (χ1v) is 13.2. The maximum Gasteiger partial charge on any atom is 0.225 e. The standard InChI is InChI=1S/C26H46N6O/c1-7-10-21(6)31-18-23(8-2)32(24(9-3)19-31)26-27-15-22(16-28-26)17-29-11-13-30(14-12-29)25(33)20(4)5/h15-16,20-21,23-24H,7-14,17-19H2,1-6H3. The fraction of sp³-hybridized carbons (Fsp3) is 0.808. The van der Waals surface area contributed by atoms with Crippen LogP contribution in [0.2, 0.25) is 0 Å². The molecule has 2 fully saturated rings. The fourth-order valence-corrected chi connectivity index (χ4v) is 5.34. The highest BCUT2D eigenvalue weighted by Gasteiger charge is 2.35. The Bertz CT molecular complexity index is 717. The van der Waals surface area contributed by atoms with E-state index in [1.54, 1.807) is 0 Å². The van der Waals surface area contributed by atoms with Gasteiger partial charge in [0.25, 0.3) is 0 Å². The highest BCUT2D eigenvalue weighted by Crippen LogP contribution is 2.27. The predicted molar refractivity (Wildman–Crippen MR) is 135 cm³/mol. The molecule has 0 radical (unpaired) electrons. The van der Waals surface area contributed by atoms with E-state index in [-0.39, 0.29) is 11.8 Å². The van der Waals surface area contributed by atoms with Gasteiger partial charge >= 0.3 is 0 Å². The second kappa shape index (κ2) is 12.1. The molecule has 0 bridgehead atoms. The van der Waals surface area contributed by atoms with Crippen molar-refractivity contribution in [1.82, 2.24) is 24.7 Å². The van der Waals surface area contributed by atoms with E-state index in [1.165, 1.54) is 12.8 Å². The normalized spacial score (nSPS) is 23.8. The lowest BCUT2D eigenvalue weighted by Crippen LogP contribution is -2.60. The monoisotopic (exact) mass is 458 g/mol. The Balaban J connectivity index is 1.61. The molecule has 3 unspecified atom stereocenters. The Morgan fingerprint density at radius 1 is 0.970 bits per heavy atom. The van der Waals surface area contributed by atoms with Crippen LogP contribution in [0.3, 0.4) is 0 Å². The first kappa shape index (κ1) is 25.9. The van der Waals surface area contributed by atoms with Crippen molar-refractivity contribution in [3.8, 4) is 0 Å². The van der Waals surface area contributed by atoms with Crippen LogP contribution in [0.4, 0.5) is 5.95 Å². The van der Waals surface area contributed by atoms with Crippen LogP contribution < -0.4 is 4.90 Å². The Morgan fingerprint density at radius 2 is 1.55 bits per heavy atom. The number of nitrogens with zero attached hydrogens (tertiary/aromatic N) is 6. The first-order chi connectivity index (χ1) is 15.9. The molecule has 1 amide bonds. The van der Waals surface area contributed by atoms with Crippen LogP contribution in [0, 0.1) is 5.92 Å². The summed E-state index contributed by atoms with van der Waals surface area (Å²) >= 11 is 0. The van der Waals surface area contributed by atoms with Gasteiger partial charge in [-0.25, -0.2) is 9.97 Å². The molecule has 7 heteroatoms. The number of piperazine rings is 2. The first-order valence-electron chi connectivity index (χ1n) is 13.2. The van der Waals surface area contributed by atoms with E-state index in [0.29, 0.717) is 18.1 Å². The molecular weight excluding hydrogens is 412 g/mol. The molecule has 186 valence electrons. The largest absolute Gasteiger partial charge is 0.340 e. The van der Waals surface area contributed by atoms with Crippen molar-refractivity contribution in [2.75, 3.05) is 44.2 Å². The van der Waals surface area contributed by atoms with Crippen molar-refractivity contribution in [3.63, 3.8) is 0 Å². The second-order valence-electron chi connectivity index (χ2n) is 10.3. The lowest BCUT2D eigenvalue weighted by atomic mass is 9.99. The molecule has 7 nitrogen and oxygen atoms in total. The van der Waals surface area contributed by atoms with E-state index >= 15 is 0 Å². The van der Waals surface area contributed by atoms with Gasteiger partial charge in [-0.15, -0.1) is 0 Å². The van der Waals surface area contributed by atoms with Crippen LogP contribution in [0.5, 0.6) is 0 Å². The molecule has 3 atom stereocenters. The summed E-state index contributed by atoms with van der Waals surface area (Å²) in [5, 5.41) is 0. The summed E-state index contributed by atoms with van der Waals surface area (Å²) in [6.45, 7) is 19.7. The topological polar surface area (TPSA) is 55.8 Å². The summed E-state index contributed by atoms with van der Waals surface area (Å²) in [5.41, 5.74) is 1.15. The van der Waals surface area contributed by atoms with E-state index in [9.17, 15) is 4.79 Å². The second-order valence-corrected chi connectivity index (χ2v) is 10.3. The van der Waals surface area contributed by atoms with Crippen molar-refractivity contribution in [1.29, 1.82) is 0 Å². The summed E-state index contributed by atoms with van der Waals surface area (Å²) < 4.78 is 0. The van der Waals surface area contributed by atoms with Crippen molar-refractivity contribution < 1.29 is 4.79 Å². The van der Waals surface area contributed by atoms with Gasteiger partial charge in [0.05, 0.1) is 0 Å². The smallest absolute Gasteiger partial charge is 0.225 e. The Labute approximate surface area is 201 Å². The van der Waals surface area contributed by atoms with Gasteiger partial charge in [0.1, 0.15) is 0 Å². The quantitative estimate of drug-likeness (QED) is 0.563. The molecule has 0 saturated carbocycles. The maximum atomic E-state index is 12.2. The highest BCUT2D eigenvalue weighted by molar-refractivity contribution is 5.78. The highest BCUT2D eigenvalue weighted by atomic mass is 16.2. The molecule has 2 aliphatic heterocycles. The molecule has 1 aromatic heterocycles. The number of aromatic nitrogens is 2. The Hall–Kier alpha value is -1.73. The van der Waals surface area contributed by atoms with Crippen LogP contribution in [-0.4, -0.2) is 88.0 Å². The van der Waals surface area contributed by atoms with Crippen molar-refractivity contribution in [2.24, 2.45) is 5.92 Å². The number of carbonyl (C=O) groups is 1. The zero-order valence-corrected chi connectivity index (χ0v) is 21.8. The van der Waals surface area contributed by atoms with Crippen LogP contribution in [-0.2, 0) is 11.3 Å². The van der Waals surface area contributed by atoms with E-state index in [0.717, 1.165) is 70.2 Å². The van der Waals surface area contributed by atoms with Gasteiger partial charge in [-0.2, -0.15) is 0 Å². The van der Waals surface area contributed by atoms with Crippen molar-refractivity contribution in [2.45, 2.75) is 91.9 Å². The van der Waals surface area contributed by atoms with Crippen LogP contribution in [0.15, 0.2) is 12.4 Å². The summed E-state index contributed by atoms with van der Waals surface area (Å²) in [6, 6.07) is 1.56. The average Bonchev–Trinajstić information content (AvgIpc) is 2.83. The molecule has 2 aliphatic rings.